The Morgan fingerprint density at radius 2 is 1.79 bits per heavy atom. The molecular formula is C31H35N3O5. The molecule has 3 aromatic carbocycles. The molecule has 39 heavy (non-hydrogen) atoms. The van der Waals surface area contributed by atoms with Crippen molar-refractivity contribution < 1.29 is 24.1 Å². The molecule has 0 aliphatic carbocycles. The van der Waals surface area contributed by atoms with Crippen molar-refractivity contribution in [1.82, 2.24) is 10.9 Å². The van der Waals surface area contributed by atoms with Crippen LogP contribution in [0.5, 0.6) is 11.5 Å². The van der Waals surface area contributed by atoms with Gasteiger partial charge in [-0.2, -0.15) is 0 Å². The van der Waals surface area contributed by atoms with Gasteiger partial charge in [0.05, 0.1) is 13.7 Å². The van der Waals surface area contributed by atoms with E-state index in [9.17, 15) is 4.79 Å². The Hall–Kier alpha value is -4.14. The van der Waals surface area contributed by atoms with Crippen molar-refractivity contribution in [3.8, 4) is 11.5 Å². The molecule has 1 aliphatic heterocycles. The molecule has 0 unspecified atom stereocenters. The number of hydrogen-bond acceptors (Lipinski definition) is 7. The van der Waals surface area contributed by atoms with Crippen molar-refractivity contribution >= 4 is 11.8 Å². The molecule has 1 aliphatic rings. The second kappa shape index (κ2) is 13.6. The van der Waals surface area contributed by atoms with E-state index in [1.807, 2.05) is 78.9 Å². The molecule has 0 radical (unpaired) electrons. The summed E-state index contributed by atoms with van der Waals surface area (Å²) in [4.78, 5) is 18.6. The third-order valence-electron chi connectivity index (χ3n) is 6.49. The van der Waals surface area contributed by atoms with Crippen LogP contribution in [0.25, 0.3) is 0 Å². The zero-order valence-corrected chi connectivity index (χ0v) is 22.1. The summed E-state index contributed by atoms with van der Waals surface area (Å²) in [6.45, 7) is 4.95. The van der Waals surface area contributed by atoms with Crippen LogP contribution in [-0.4, -0.2) is 49.3 Å². The quantitative estimate of drug-likeness (QED) is 0.165. The van der Waals surface area contributed by atoms with Gasteiger partial charge in [-0.25, -0.2) is 10.4 Å². The van der Waals surface area contributed by atoms with Gasteiger partial charge in [0.25, 0.3) is 5.91 Å². The first-order valence-electron chi connectivity index (χ1n) is 13.0. The lowest BCUT2D eigenvalue weighted by Gasteiger charge is -2.29. The number of methoxy groups -OCH3 is 1. The molecule has 3 N–H and O–H groups in total. The predicted molar refractivity (Wildman–Crippen MR) is 151 cm³/mol. The lowest BCUT2D eigenvalue weighted by atomic mass is 9.84. The molecule has 3 aromatic rings. The second-order valence-electron chi connectivity index (χ2n) is 9.17. The van der Waals surface area contributed by atoms with Crippen LogP contribution in [0.15, 0.2) is 96.5 Å². The number of hydrazine groups is 1. The maximum atomic E-state index is 13.7. The van der Waals surface area contributed by atoms with Gasteiger partial charge in [-0.05, 0) is 53.9 Å². The van der Waals surface area contributed by atoms with Gasteiger partial charge in [0, 0.05) is 31.6 Å². The Labute approximate surface area is 229 Å². The Kier molecular flexibility index (Phi) is 9.72. The molecule has 1 heterocycles. The summed E-state index contributed by atoms with van der Waals surface area (Å²) in [5.41, 5.74) is 7.37. The van der Waals surface area contributed by atoms with Crippen LogP contribution in [-0.2, 0) is 16.0 Å². The third kappa shape index (κ3) is 6.85. The Bertz CT molecular complexity index is 1250. The third-order valence-corrected chi connectivity index (χ3v) is 6.49. The first kappa shape index (κ1) is 27.9. The SMILES string of the molecule is C=CC[C@]1(C(=O)NNCCc2ccc(OC)cc2)N=C(c2ccc(OCCCO)cc2)O[C@H]1c1ccccc1. The van der Waals surface area contributed by atoms with Crippen molar-refractivity contribution in [2.75, 3.05) is 26.9 Å². The molecule has 1 amide bonds. The summed E-state index contributed by atoms with van der Waals surface area (Å²) in [5.74, 6) is 1.56. The summed E-state index contributed by atoms with van der Waals surface area (Å²) >= 11 is 0. The van der Waals surface area contributed by atoms with Crippen molar-refractivity contribution in [3.05, 3.63) is 108 Å². The highest BCUT2D eigenvalue weighted by Gasteiger charge is 2.52. The minimum Gasteiger partial charge on any atom is -0.497 e. The smallest absolute Gasteiger partial charge is 0.266 e. The van der Waals surface area contributed by atoms with E-state index in [1.165, 1.54) is 0 Å². The minimum absolute atomic E-state index is 0.0768. The number of amides is 1. The molecule has 0 fully saturated rings. The van der Waals surface area contributed by atoms with Crippen LogP contribution in [0.2, 0.25) is 0 Å². The standard InChI is InChI=1S/C31H35N3O5/c1-3-19-31(30(36)34-32-20-18-23-10-14-26(37-2)15-11-23)28(24-8-5-4-6-9-24)39-29(33-31)25-12-16-27(17-13-25)38-22-7-21-35/h3-6,8-17,28,32,35H,1,7,18-22H2,2H3,(H,34,36)/t28-,31-/m0/s1. The largest absolute Gasteiger partial charge is 0.497 e. The molecule has 0 aromatic heterocycles. The molecule has 0 saturated heterocycles. The number of benzene rings is 3. The molecule has 8 heteroatoms. The maximum Gasteiger partial charge on any atom is 0.266 e. The number of carbonyl (C=O) groups is 1. The van der Waals surface area contributed by atoms with E-state index in [2.05, 4.69) is 17.4 Å². The number of aliphatic imine (C=N–C) groups is 1. The molecule has 204 valence electrons. The van der Waals surface area contributed by atoms with Gasteiger partial charge in [-0.1, -0.05) is 48.5 Å². The number of ether oxygens (including phenoxy) is 3. The van der Waals surface area contributed by atoms with Gasteiger partial charge in [0.1, 0.15) is 11.5 Å². The number of rotatable bonds is 14. The van der Waals surface area contributed by atoms with Crippen LogP contribution < -0.4 is 20.3 Å². The van der Waals surface area contributed by atoms with Crippen LogP contribution in [0.1, 0.15) is 35.6 Å². The number of carbonyl (C=O) groups excluding carboxylic acids is 1. The molecule has 0 spiro atoms. The first-order chi connectivity index (χ1) is 19.1. The maximum absolute atomic E-state index is 13.7. The van der Waals surface area contributed by atoms with E-state index >= 15 is 0 Å². The van der Waals surface area contributed by atoms with E-state index in [4.69, 9.17) is 24.3 Å². The fraction of sp³-hybridized carbons (Fsp3) is 0.290. The second-order valence-corrected chi connectivity index (χ2v) is 9.17. The van der Waals surface area contributed by atoms with E-state index < -0.39 is 11.6 Å². The molecule has 0 saturated carbocycles. The van der Waals surface area contributed by atoms with Crippen molar-refractivity contribution in [2.45, 2.75) is 30.9 Å². The molecular weight excluding hydrogens is 494 g/mol. The average molecular weight is 530 g/mol. The highest BCUT2D eigenvalue weighted by molar-refractivity contribution is 6.01. The van der Waals surface area contributed by atoms with Gasteiger partial charge in [0.15, 0.2) is 11.6 Å². The van der Waals surface area contributed by atoms with E-state index in [-0.39, 0.29) is 18.9 Å². The Morgan fingerprint density at radius 3 is 2.46 bits per heavy atom. The highest BCUT2D eigenvalue weighted by Crippen LogP contribution is 2.42. The molecule has 4 rings (SSSR count). The van der Waals surface area contributed by atoms with Gasteiger partial charge in [-0.15, -0.1) is 6.58 Å². The fourth-order valence-electron chi connectivity index (χ4n) is 4.41. The normalized spacial score (nSPS) is 18.1. The zero-order valence-electron chi connectivity index (χ0n) is 22.1. The lowest BCUT2D eigenvalue weighted by molar-refractivity contribution is -0.129. The summed E-state index contributed by atoms with van der Waals surface area (Å²) in [6, 6.07) is 24.8. The van der Waals surface area contributed by atoms with Crippen molar-refractivity contribution in [2.24, 2.45) is 4.99 Å². The molecule has 0 bridgehead atoms. The number of aliphatic hydroxyl groups is 1. The number of hydrogen-bond donors (Lipinski definition) is 3. The van der Waals surface area contributed by atoms with E-state index in [0.717, 1.165) is 28.9 Å². The van der Waals surface area contributed by atoms with Gasteiger partial charge in [0.2, 0.25) is 5.90 Å². The number of nitrogens with zero attached hydrogens (tertiary/aromatic N) is 1. The van der Waals surface area contributed by atoms with Crippen LogP contribution in [0, 0.1) is 0 Å². The first-order valence-corrected chi connectivity index (χ1v) is 13.0. The monoisotopic (exact) mass is 529 g/mol. The summed E-state index contributed by atoms with van der Waals surface area (Å²) in [6.07, 6.45) is 2.61. The van der Waals surface area contributed by atoms with Crippen LogP contribution >= 0.6 is 0 Å². The van der Waals surface area contributed by atoms with E-state index in [0.29, 0.717) is 31.2 Å². The summed E-state index contributed by atoms with van der Waals surface area (Å²) in [7, 11) is 1.64. The zero-order chi connectivity index (χ0) is 27.5. The van der Waals surface area contributed by atoms with Gasteiger partial charge < -0.3 is 19.3 Å². The fourth-order valence-corrected chi connectivity index (χ4v) is 4.41. The topological polar surface area (TPSA) is 101 Å². The minimum atomic E-state index is -1.25. The number of nitrogens with one attached hydrogen (secondary N) is 2. The highest BCUT2D eigenvalue weighted by atomic mass is 16.5. The van der Waals surface area contributed by atoms with Crippen molar-refractivity contribution in [3.63, 3.8) is 0 Å². The van der Waals surface area contributed by atoms with E-state index in [1.54, 1.807) is 13.2 Å². The Balaban J connectivity index is 1.52. The average Bonchev–Trinajstić information content (AvgIpc) is 3.37. The molecule has 8 nitrogen and oxygen atoms in total. The van der Waals surface area contributed by atoms with Gasteiger partial charge in [-0.3, -0.25) is 10.2 Å². The Morgan fingerprint density at radius 1 is 1.08 bits per heavy atom. The predicted octanol–water partition coefficient (Wildman–Crippen LogP) is 4.15. The van der Waals surface area contributed by atoms with Gasteiger partial charge >= 0.3 is 0 Å². The number of aliphatic hydroxyl groups excluding tert-OH is 1. The molecule has 2 atom stereocenters. The summed E-state index contributed by atoms with van der Waals surface area (Å²) < 4.78 is 17.2. The van der Waals surface area contributed by atoms with Crippen molar-refractivity contribution in [1.29, 1.82) is 0 Å². The van der Waals surface area contributed by atoms with Crippen LogP contribution in [0.3, 0.4) is 0 Å². The lowest BCUT2D eigenvalue weighted by Crippen LogP contribution is -2.52. The summed E-state index contributed by atoms with van der Waals surface area (Å²) in [5, 5.41) is 8.97. The van der Waals surface area contributed by atoms with Crippen LogP contribution in [0.4, 0.5) is 0 Å².